The summed E-state index contributed by atoms with van der Waals surface area (Å²) in [6.07, 6.45) is 11.3. The van der Waals surface area contributed by atoms with Gasteiger partial charge in [0.2, 0.25) is 0 Å². The van der Waals surface area contributed by atoms with Crippen LogP contribution in [0.2, 0.25) is 0 Å². The summed E-state index contributed by atoms with van der Waals surface area (Å²) < 4.78 is 0. The van der Waals surface area contributed by atoms with Gasteiger partial charge in [0, 0.05) is 37.6 Å². The molecule has 1 aromatic heterocycles. The van der Waals surface area contributed by atoms with E-state index >= 15 is 0 Å². The van der Waals surface area contributed by atoms with Gasteiger partial charge in [0.1, 0.15) is 6.61 Å². The molecule has 0 aromatic carbocycles. The van der Waals surface area contributed by atoms with Crippen molar-refractivity contribution >= 4 is 18.2 Å². The lowest BCUT2D eigenvalue weighted by atomic mass is 10.1. The summed E-state index contributed by atoms with van der Waals surface area (Å²) in [6, 6.07) is 4.01. The largest absolute Gasteiger partial charge is 0.394 e. The summed E-state index contributed by atoms with van der Waals surface area (Å²) >= 11 is 0. The predicted molar refractivity (Wildman–Crippen MR) is 99.7 cm³/mol. The SMILES string of the molecule is Cl.c1cncc(/C(=N\OCCCN2CCCCC2)N2CCCC2)c1. The molecule has 0 N–H and O–H groups in total. The lowest BCUT2D eigenvalue weighted by molar-refractivity contribution is 0.121. The lowest BCUT2D eigenvalue weighted by Gasteiger charge is -2.26. The Bertz CT molecular complexity index is 485. The molecule has 0 spiro atoms. The van der Waals surface area contributed by atoms with E-state index in [9.17, 15) is 0 Å². The van der Waals surface area contributed by atoms with E-state index in [4.69, 9.17) is 4.84 Å². The van der Waals surface area contributed by atoms with Gasteiger partial charge < -0.3 is 14.6 Å². The number of piperidine rings is 1. The van der Waals surface area contributed by atoms with Crippen LogP contribution in [0.1, 0.15) is 44.1 Å². The van der Waals surface area contributed by atoms with Gasteiger partial charge in [-0.2, -0.15) is 0 Å². The molecule has 0 bridgehead atoms. The second kappa shape index (κ2) is 10.5. The molecule has 2 aliphatic rings. The van der Waals surface area contributed by atoms with Gasteiger partial charge >= 0.3 is 0 Å². The Balaban J connectivity index is 0.00000208. The van der Waals surface area contributed by atoms with Gasteiger partial charge in [-0.15, -0.1) is 12.4 Å². The first-order valence-corrected chi connectivity index (χ1v) is 9.01. The summed E-state index contributed by atoms with van der Waals surface area (Å²) in [7, 11) is 0. The van der Waals surface area contributed by atoms with Gasteiger partial charge in [0.15, 0.2) is 5.84 Å². The number of aromatic nitrogens is 1. The third-order valence-corrected chi connectivity index (χ3v) is 4.64. The number of oxime groups is 1. The van der Waals surface area contributed by atoms with Crippen LogP contribution < -0.4 is 0 Å². The van der Waals surface area contributed by atoms with Crippen molar-refractivity contribution in [3.8, 4) is 0 Å². The van der Waals surface area contributed by atoms with Crippen LogP contribution in [-0.4, -0.2) is 60.0 Å². The van der Waals surface area contributed by atoms with Crippen LogP contribution in [0.5, 0.6) is 0 Å². The number of pyridine rings is 1. The molecule has 2 fully saturated rings. The minimum atomic E-state index is 0. The van der Waals surface area contributed by atoms with E-state index in [0.717, 1.165) is 37.5 Å². The van der Waals surface area contributed by atoms with Crippen LogP contribution in [0.4, 0.5) is 0 Å². The van der Waals surface area contributed by atoms with Crippen molar-refractivity contribution in [1.29, 1.82) is 0 Å². The van der Waals surface area contributed by atoms with E-state index in [0.29, 0.717) is 6.61 Å². The molecular formula is C18H29ClN4O. The molecular weight excluding hydrogens is 324 g/mol. The standard InChI is InChI=1S/C18H28N4O.ClH/c1-2-10-21(11-3-1)12-7-15-23-20-18(22-13-4-5-14-22)17-8-6-9-19-16-17;/h6,8-9,16H,1-5,7,10-15H2;1H/b20-18+;. The maximum atomic E-state index is 5.65. The number of hydrogen-bond acceptors (Lipinski definition) is 4. The predicted octanol–water partition coefficient (Wildman–Crippen LogP) is 3.15. The van der Waals surface area contributed by atoms with Crippen molar-refractivity contribution in [3.05, 3.63) is 30.1 Å². The normalized spacial score (nSPS) is 19.2. The average molecular weight is 353 g/mol. The van der Waals surface area contributed by atoms with Crippen molar-refractivity contribution in [2.45, 2.75) is 38.5 Å². The lowest BCUT2D eigenvalue weighted by Crippen LogP contribution is -2.31. The first-order valence-electron chi connectivity index (χ1n) is 9.01. The van der Waals surface area contributed by atoms with Crippen molar-refractivity contribution in [2.75, 3.05) is 39.3 Å². The van der Waals surface area contributed by atoms with Gasteiger partial charge in [0.25, 0.3) is 0 Å². The maximum absolute atomic E-state index is 5.65. The summed E-state index contributed by atoms with van der Waals surface area (Å²) in [6.45, 7) is 6.43. The Kier molecular flexibility index (Phi) is 8.33. The van der Waals surface area contributed by atoms with Crippen molar-refractivity contribution in [1.82, 2.24) is 14.8 Å². The Labute approximate surface area is 151 Å². The van der Waals surface area contributed by atoms with Gasteiger partial charge in [-0.3, -0.25) is 4.98 Å². The first kappa shape index (κ1) is 19.0. The van der Waals surface area contributed by atoms with E-state index in [2.05, 4.69) is 26.0 Å². The number of likely N-dealkylation sites (tertiary alicyclic amines) is 2. The van der Waals surface area contributed by atoms with Gasteiger partial charge in [-0.1, -0.05) is 11.6 Å². The molecule has 1 aromatic rings. The topological polar surface area (TPSA) is 41.0 Å². The highest BCUT2D eigenvalue weighted by atomic mass is 35.5. The van der Waals surface area contributed by atoms with Crippen molar-refractivity contribution in [2.24, 2.45) is 5.16 Å². The Morgan fingerprint density at radius 1 is 1.08 bits per heavy atom. The minimum absolute atomic E-state index is 0. The third kappa shape index (κ3) is 5.64. The van der Waals surface area contributed by atoms with E-state index in [1.54, 1.807) is 6.20 Å². The number of nitrogens with zero attached hydrogens (tertiary/aromatic N) is 4. The molecule has 5 nitrogen and oxygen atoms in total. The highest BCUT2D eigenvalue weighted by molar-refractivity contribution is 5.98. The van der Waals surface area contributed by atoms with Gasteiger partial charge in [0.05, 0.1) is 0 Å². The fourth-order valence-electron chi connectivity index (χ4n) is 3.36. The van der Waals surface area contributed by atoms with E-state index in [1.165, 1.54) is 45.2 Å². The highest BCUT2D eigenvalue weighted by Crippen LogP contribution is 2.14. The molecule has 3 heterocycles. The molecule has 0 radical (unpaired) electrons. The monoisotopic (exact) mass is 352 g/mol. The highest BCUT2D eigenvalue weighted by Gasteiger charge is 2.18. The van der Waals surface area contributed by atoms with Crippen LogP contribution in [0.25, 0.3) is 0 Å². The van der Waals surface area contributed by atoms with Crippen LogP contribution in [0, 0.1) is 0 Å². The third-order valence-electron chi connectivity index (χ3n) is 4.64. The molecule has 0 amide bonds. The maximum Gasteiger partial charge on any atom is 0.177 e. The second-order valence-electron chi connectivity index (χ2n) is 6.44. The van der Waals surface area contributed by atoms with Crippen molar-refractivity contribution in [3.63, 3.8) is 0 Å². The Hall–Kier alpha value is -1.33. The molecule has 0 atom stereocenters. The molecule has 2 aliphatic heterocycles. The van der Waals surface area contributed by atoms with Gasteiger partial charge in [-0.25, -0.2) is 0 Å². The quantitative estimate of drug-likeness (QED) is 0.341. The number of amidine groups is 1. The minimum Gasteiger partial charge on any atom is -0.394 e. The summed E-state index contributed by atoms with van der Waals surface area (Å²) in [4.78, 5) is 14.7. The smallest absolute Gasteiger partial charge is 0.177 e. The summed E-state index contributed by atoms with van der Waals surface area (Å²) in [5.41, 5.74) is 1.05. The van der Waals surface area contributed by atoms with Crippen LogP contribution in [0.15, 0.2) is 29.7 Å². The molecule has 0 unspecified atom stereocenters. The molecule has 6 heteroatoms. The number of hydrogen-bond donors (Lipinski definition) is 0. The van der Waals surface area contributed by atoms with Crippen LogP contribution in [-0.2, 0) is 4.84 Å². The van der Waals surface area contributed by atoms with E-state index in [1.807, 2.05) is 12.3 Å². The molecule has 134 valence electrons. The van der Waals surface area contributed by atoms with Gasteiger partial charge in [-0.05, 0) is 57.3 Å². The Morgan fingerprint density at radius 2 is 1.83 bits per heavy atom. The first-order chi connectivity index (χ1) is 11.4. The van der Waals surface area contributed by atoms with E-state index in [-0.39, 0.29) is 12.4 Å². The zero-order valence-corrected chi connectivity index (χ0v) is 15.2. The second-order valence-corrected chi connectivity index (χ2v) is 6.44. The summed E-state index contributed by atoms with van der Waals surface area (Å²) in [5.74, 6) is 0.938. The molecule has 3 rings (SSSR count). The van der Waals surface area contributed by atoms with Crippen LogP contribution >= 0.6 is 12.4 Å². The van der Waals surface area contributed by atoms with Crippen LogP contribution in [0.3, 0.4) is 0 Å². The fourth-order valence-corrected chi connectivity index (χ4v) is 3.36. The van der Waals surface area contributed by atoms with E-state index < -0.39 is 0 Å². The molecule has 24 heavy (non-hydrogen) atoms. The zero-order chi connectivity index (χ0) is 15.7. The molecule has 0 aliphatic carbocycles. The molecule has 0 saturated carbocycles. The number of halogens is 1. The average Bonchev–Trinajstić information content (AvgIpc) is 3.14. The zero-order valence-electron chi connectivity index (χ0n) is 14.4. The molecule has 2 saturated heterocycles. The fraction of sp³-hybridized carbons (Fsp3) is 0.667. The Morgan fingerprint density at radius 3 is 2.54 bits per heavy atom. The summed E-state index contributed by atoms with van der Waals surface area (Å²) in [5, 5.41) is 4.44. The van der Waals surface area contributed by atoms with Crippen molar-refractivity contribution < 1.29 is 4.84 Å². The number of rotatable bonds is 6.